The minimum absolute atomic E-state index is 0.487. The number of hydrogen-bond acceptors (Lipinski definition) is 2. The van der Waals surface area contributed by atoms with Gasteiger partial charge in [0, 0.05) is 4.47 Å². The van der Waals surface area contributed by atoms with Crippen molar-refractivity contribution in [2.45, 2.75) is 6.92 Å². The first kappa shape index (κ1) is 8.91. The molecule has 0 fully saturated rings. The van der Waals surface area contributed by atoms with Crippen LogP contribution in [0.2, 0.25) is 5.15 Å². The van der Waals surface area contributed by atoms with Crippen LogP contribution in [0.4, 0.5) is 0 Å². The molecule has 1 aromatic carbocycles. The second-order valence-electron chi connectivity index (χ2n) is 2.75. The first-order valence-corrected chi connectivity index (χ1v) is 4.92. The molecule has 0 aliphatic rings. The van der Waals surface area contributed by atoms with Gasteiger partial charge in [-0.2, -0.15) is 0 Å². The Hall–Kier alpha value is -0.670. The number of halogens is 2. The maximum atomic E-state index is 5.95. The molecule has 0 saturated heterocycles. The predicted molar refractivity (Wildman–Crippen MR) is 57.0 cm³/mol. The molecule has 0 N–H and O–H groups in total. The maximum absolute atomic E-state index is 5.95. The van der Waals surface area contributed by atoms with Crippen LogP contribution in [-0.4, -0.2) is 9.97 Å². The Balaban J connectivity index is 3.00. The molecule has 2 rings (SSSR count). The Labute approximate surface area is 89.1 Å². The van der Waals surface area contributed by atoms with Crippen molar-refractivity contribution < 1.29 is 0 Å². The van der Waals surface area contributed by atoms with Crippen molar-refractivity contribution >= 4 is 38.4 Å². The van der Waals surface area contributed by atoms with E-state index in [9.17, 15) is 0 Å². The van der Waals surface area contributed by atoms with Gasteiger partial charge in [0.2, 0.25) is 0 Å². The van der Waals surface area contributed by atoms with Gasteiger partial charge in [-0.05, 0) is 34.5 Å². The summed E-state index contributed by atoms with van der Waals surface area (Å²) in [6, 6.07) is 3.95. The molecule has 0 unspecified atom stereocenters. The molecule has 1 heterocycles. The third kappa shape index (κ3) is 1.42. The smallest absolute Gasteiger partial charge is 0.141 e. The zero-order valence-corrected chi connectivity index (χ0v) is 9.22. The fourth-order valence-corrected chi connectivity index (χ4v) is 2.09. The summed E-state index contributed by atoms with van der Waals surface area (Å²) in [4.78, 5) is 8.11. The molecule has 0 amide bonds. The lowest BCUT2D eigenvalue weighted by molar-refractivity contribution is 1.21. The Kier molecular flexibility index (Phi) is 2.22. The van der Waals surface area contributed by atoms with E-state index in [2.05, 4.69) is 25.9 Å². The molecule has 13 heavy (non-hydrogen) atoms. The standard InChI is InChI=1S/C9H6BrClN2/c1-5-2-3-6(10)7-8(5)12-4-13-9(7)11/h2-4H,1H3. The second kappa shape index (κ2) is 3.24. The van der Waals surface area contributed by atoms with E-state index >= 15 is 0 Å². The number of aromatic nitrogens is 2. The van der Waals surface area contributed by atoms with E-state index in [1.54, 1.807) is 0 Å². The van der Waals surface area contributed by atoms with Gasteiger partial charge in [0.15, 0.2) is 0 Å². The van der Waals surface area contributed by atoms with Gasteiger partial charge in [0.05, 0.1) is 10.9 Å². The van der Waals surface area contributed by atoms with Gasteiger partial charge in [-0.25, -0.2) is 9.97 Å². The molecule has 2 nitrogen and oxygen atoms in total. The quantitative estimate of drug-likeness (QED) is 0.676. The lowest BCUT2D eigenvalue weighted by Crippen LogP contribution is -1.87. The summed E-state index contributed by atoms with van der Waals surface area (Å²) in [5.41, 5.74) is 2.00. The van der Waals surface area contributed by atoms with Crippen molar-refractivity contribution in [3.8, 4) is 0 Å². The van der Waals surface area contributed by atoms with Crippen LogP contribution in [0.25, 0.3) is 10.9 Å². The summed E-state index contributed by atoms with van der Waals surface area (Å²) in [6.07, 6.45) is 1.48. The van der Waals surface area contributed by atoms with Crippen molar-refractivity contribution in [2.75, 3.05) is 0 Å². The molecule has 66 valence electrons. The average Bonchev–Trinajstić information content (AvgIpc) is 2.12. The van der Waals surface area contributed by atoms with E-state index in [-0.39, 0.29) is 0 Å². The summed E-state index contributed by atoms with van der Waals surface area (Å²) in [5.74, 6) is 0. The summed E-state index contributed by atoms with van der Waals surface area (Å²) in [5, 5.41) is 1.37. The van der Waals surface area contributed by atoms with Gasteiger partial charge in [-0.3, -0.25) is 0 Å². The van der Waals surface area contributed by atoms with Crippen LogP contribution < -0.4 is 0 Å². The number of benzene rings is 1. The monoisotopic (exact) mass is 256 g/mol. The average molecular weight is 258 g/mol. The van der Waals surface area contributed by atoms with Gasteiger partial charge in [-0.1, -0.05) is 17.7 Å². The number of hydrogen-bond donors (Lipinski definition) is 0. The van der Waals surface area contributed by atoms with E-state index in [4.69, 9.17) is 11.6 Å². The number of fused-ring (bicyclic) bond motifs is 1. The highest BCUT2D eigenvalue weighted by Gasteiger charge is 2.06. The SMILES string of the molecule is Cc1ccc(Br)c2c(Cl)ncnc12. The molecule has 0 atom stereocenters. The van der Waals surface area contributed by atoms with Crippen molar-refractivity contribution in [3.05, 3.63) is 33.6 Å². The van der Waals surface area contributed by atoms with Gasteiger partial charge >= 0.3 is 0 Å². The molecule has 1 aromatic heterocycles. The first-order valence-electron chi connectivity index (χ1n) is 3.75. The van der Waals surface area contributed by atoms with Crippen molar-refractivity contribution in [1.82, 2.24) is 9.97 Å². The Morgan fingerprint density at radius 3 is 2.77 bits per heavy atom. The third-order valence-electron chi connectivity index (χ3n) is 1.89. The van der Waals surface area contributed by atoms with Crippen LogP contribution >= 0.6 is 27.5 Å². The summed E-state index contributed by atoms with van der Waals surface area (Å²) in [6.45, 7) is 2.00. The molecule has 0 spiro atoms. The largest absolute Gasteiger partial charge is 0.236 e. The fourth-order valence-electron chi connectivity index (χ4n) is 1.24. The number of aryl methyl sites for hydroxylation is 1. The predicted octanol–water partition coefficient (Wildman–Crippen LogP) is 3.35. The van der Waals surface area contributed by atoms with Crippen LogP contribution in [-0.2, 0) is 0 Å². The van der Waals surface area contributed by atoms with Gasteiger partial charge in [-0.15, -0.1) is 0 Å². The Morgan fingerprint density at radius 1 is 1.31 bits per heavy atom. The van der Waals surface area contributed by atoms with Gasteiger partial charge in [0.25, 0.3) is 0 Å². The van der Waals surface area contributed by atoms with Crippen molar-refractivity contribution in [2.24, 2.45) is 0 Å². The van der Waals surface area contributed by atoms with E-state index in [1.165, 1.54) is 6.33 Å². The zero-order chi connectivity index (χ0) is 9.42. The molecule has 4 heteroatoms. The minimum atomic E-state index is 0.487. The van der Waals surface area contributed by atoms with Crippen LogP contribution in [0, 0.1) is 6.92 Å². The normalized spacial score (nSPS) is 10.7. The number of nitrogens with zero attached hydrogens (tertiary/aromatic N) is 2. The van der Waals surface area contributed by atoms with Crippen molar-refractivity contribution in [1.29, 1.82) is 0 Å². The van der Waals surface area contributed by atoms with Crippen LogP contribution in [0.1, 0.15) is 5.56 Å². The topological polar surface area (TPSA) is 25.8 Å². The summed E-state index contributed by atoms with van der Waals surface area (Å²) < 4.78 is 0.929. The maximum Gasteiger partial charge on any atom is 0.141 e. The van der Waals surface area contributed by atoms with E-state index in [0.717, 1.165) is 20.9 Å². The first-order chi connectivity index (χ1) is 6.20. The van der Waals surface area contributed by atoms with Crippen LogP contribution in [0.3, 0.4) is 0 Å². The van der Waals surface area contributed by atoms with Crippen LogP contribution in [0.15, 0.2) is 22.9 Å². The molecule has 0 saturated carbocycles. The van der Waals surface area contributed by atoms with E-state index in [0.29, 0.717) is 5.15 Å². The zero-order valence-electron chi connectivity index (χ0n) is 6.88. The number of rotatable bonds is 0. The minimum Gasteiger partial charge on any atom is -0.236 e. The van der Waals surface area contributed by atoms with E-state index < -0.39 is 0 Å². The molecule has 0 aliphatic heterocycles. The molecule has 0 bridgehead atoms. The lowest BCUT2D eigenvalue weighted by Gasteiger charge is -2.03. The molecular weight excluding hydrogens is 251 g/mol. The van der Waals surface area contributed by atoms with Crippen LogP contribution in [0.5, 0.6) is 0 Å². The second-order valence-corrected chi connectivity index (χ2v) is 3.96. The Bertz CT molecular complexity index is 462. The van der Waals surface area contributed by atoms with Gasteiger partial charge in [0.1, 0.15) is 11.5 Å². The third-order valence-corrected chi connectivity index (χ3v) is 2.84. The van der Waals surface area contributed by atoms with Crippen molar-refractivity contribution in [3.63, 3.8) is 0 Å². The molecule has 2 aromatic rings. The van der Waals surface area contributed by atoms with E-state index in [1.807, 2.05) is 19.1 Å². The summed E-state index contributed by atoms with van der Waals surface area (Å²) >= 11 is 9.37. The highest BCUT2D eigenvalue weighted by atomic mass is 79.9. The highest BCUT2D eigenvalue weighted by molar-refractivity contribution is 9.10. The van der Waals surface area contributed by atoms with Gasteiger partial charge < -0.3 is 0 Å². The molecule has 0 radical (unpaired) electrons. The fraction of sp³-hybridized carbons (Fsp3) is 0.111. The summed E-state index contributed by atoms with van der Waals surface area (Å²) in [7, 11) is 0. The molecular formula is C9H6BrClN2. The molecule has 0 aliphatic carbocycles. The Morgan fingerprint density at radius 2 is 2.08 bits per heavy atom. The lowest BCUT2D eigenvalue weighted by atomic mass is 10.1. The highest BCUT2D eigenvalue weighted by Crippen LogP contribution is 2.29.